The van der Waals surface area contributed by atoms with Gasteiger partial charge < -0.3 is 5.32 Å². The SMILES string of the molecule is CNc1n[nH]c2ccc(Cc3ccccc3Cl)nc12. The van der Waals surface area contributed by atoms with Gasteiger partial charge in [-0.25, -0.2) is 4.98 Å². The van der Waals surface area contributed by atoms with Gasteiger partial charge >= 0.3 is 0 Å². The number of hydrogen-bond donors (Lipinski definition) is 2. The van der Waals surface area contributed by atoms with Gasteiger partial charge in [0.15, 0.2) is 5.82 Å². The zero-order chi connectivity index (χ0) is 13.2. The molecule has 1 aromatic carbocycles. The minimum Gasteiger partial charge on any atom is -0.370 e. The molecule has 0 bridgehead atoms. The number of hydrogen-bond acceptors (Lipinski definition) is 3. The lowest BCUT2D eigenvalue weighted by Crippen LogP contribution is -1.95. The number of fused-ring (bicyclic) bond motifs is 1. The van der Waals surface area contributed by atoms with E-state index in [9.17, 15) is 0 Å². The first-order chi connectivity index (χ1) is 9.28. The lowest BCUT2D eigenvalue weighted by atomic mass is 10.1. The Hall–Kier alpha value is -2.07. The Morgan fingerprint density at radius 2 is 2.05 bits per heavy atom. The van der Waals surface area contributed by atoms with E-state index in [0.29, 0.717) is 6.42 Å². The maximum atomic E-state index is 6.17. The number of aromatic nitrogens is 3. The van der Waals surface area contributed by atoms with Gasteiger partial charge in [-0.1, -0.05) is 29.8 Å². The summed E-state index contributed by atoms with van der Waals surface area (Å²) in [6.07, 6.45) is 0.712. The second-order valence-corrected chi connectivity index (χ2v) is 4.70. The quantitative estimate of drug-likeness (QED) is 0.770. The number of nitrogens with zero attached hydrogens (tertiary/aromatic N) is 2. The van der Waals surface area contributed by atoms with Gasteiger partial charge in [-0.15, -0.1) is 0 Å². The molecule has 4 nitrogen and oxygen atoms in total. The average Bonchev–Trinajstić information content (AvgIpc) is 2.84. The molecule has 0 saturated heterocycles. The number of H-pyrrole nitrogens is 1. The largest absolute Gasteiger partial charge is 0.370 e. The molecule has 0 spiro atoms. The van der Waals surface area contributed by atoms with Gasteiger partial charge in [0.25, 0.3) is 0 Å². The summed E-state index contributed by atoms with van der Waals surface area (Å²) in [5.74, 6) is 0.760. The van der Waals surface area contributed by atoms with E-state index < -0.39 is 0 Å². The third kappa shape index (κ3) is 2.27. The maximum Gasteiger partial charge on any atom is 0.174 e. The van der Waals surface area contributed by atoms with Crippen molar-refractivity contribution < 1.29 is 0 Å². The predicted molar refractivity (Wildman–Crippen MR) is 77.7 cm³/mol. The third-order valence-electron chi connectivity index (χ3n) is 3.03. The summed E-state index contributed by atoms with van der Waals surface area (Å²) in [4.78, 5) is 4.63. The van der Waals surface area contributed by atoms with E-state index in [1.807, 2.05) is 43.4 Å². The zero-order valence-electron chi connectivity index (χ0n) is 10.4. The lowest BCUT2D eigenvalue weighted by molar-refractivity contribution is 1.10. The standard InChI is InChI=1S/C14H13ClN4/c1-16-14-13-12(18-19-14)7-6-10(17-13)8-9-4-2-3-5-11(9)15/h2-7H,8H2,1H3,(H2,16,18,19). The highest BCUT2D eigenvalue weighted by atomic mass is 35.5. The van der Waals surface area contributed by atoms with Gasteiger partial charge in [-0.3, -0.25) is 5.10 Å². The molecule has 0 atom stereocenters. The monoisotopic (exact) mass is 272 g/mol. The number of benzene rings is 1. The highest BCUT2D eigenvalue weighted by molar-refractivity contribution is 6.31. The summed E-state index contributed by atoms with van der Waals surface area (Å²) in [7, 11) is 1.83. The summed E-state index contributed by atoms with van der Waals surface area (Å²) in [6, 6.07) is 11.8. The van der Waals surface area contributed by atoms with E-state index in [-0.39, 0.29) is 0 Å². The van der Waals surface area contributed by atoms with Crippen LogP contribution in [-0.2, 0) is 6.42 Å². The molecule has 2 aromatic heterocycles. The van der Waals surface area contributed by atoms with Gasteiger partial charge in [0.1, 0.15) is 5.52 Å². The van der Waals surface area contributed by atoms with Crippen LogP contribution in [0.4, 0.5) is 5.82 Å². The van der Waals surface area contributed by atoms with E-state index in [2.05, 4.69) is 20.5 Å². The molecule has 5 heteroatoms. The molecular weight excluding hydrogens is 260 g/mol. The molecule has 0 aliphatic heterocycles. The number of anilines is 1. The minimum atomic E-state index is 0.712. The number of aromatic amines is 1. The van der Waals surface area contributed by atoms with Gasteiger partial charge in [-0.05, 0) is 23.8 Å². The van der Waals surface area contributed by atoms with Gasteiger partial charge in [-0.2, -0.15) is 5.10 Å². The molecule has 0 aliphatic carbocycles. The van der Waals surface area contributed by atoms with Crippen LogP contribution < -0.4 is 5.32 Å². The molecular formula is C14H13ClN4. The van der Waals surface area contributed by atoms with Crippen molar-refractivity contribution in [2.75, 3.05) is 12.4 Å². The normalized spacial score (nSPS) is 10.8. The van der Waals surface area contributed by atoms with E-state index in [1.165, 1.54) is 0 Å². The fraction of sp³-hybridized carbons (Fsp3) is 0.143. The summed E-state index contributed by atoms with van der Waals surface area (Å²) in [6.45, 7) is 0. The van der Waals surface area contributed by atoms with Gasteiger partial charge in [0, 0.05) is 24.2 Å². The van der Waals surface area contributed by atoms with E-state index in [0.717, 1.165) is 33.1 Å². The van der Waals surface area contributed by atoms with E-state index in [4.69, 9.17) is 11.6 Å². The van der Waals surface area contributed by atoms with E-state index in [1.54, 1.807) is 0 Å². The van der Waals surface area contributed by atoms with Crippen molar-refractivity contribution in [1.29, 1.82) is 0 Å². The highest BCUT2D eigenvalue weighted by Gasteiger charge is 2.08. The third-order valence-corrected chi connectivity index (χ3v) is 3.40. The zero-order valence-corrected chi connectivity index (χ0v) is 11.2. The van der Waals surface area contributed by atoms with Crippen LogP contribution in [0.2, 0.25) is 5.02 Å². The molecule has 2 heterocycles. The lowest BCUT2D eigenvalue weighted by Gasteiger charge is -2.04. The van der Waals surface area contributed by atoms with Crippen LogP contribution in [-0.4, -0.2) is 22.2 Å². The Kier molecular flexibility index (Phi) is 3.09. The molecule has 3 rings (SSSR count). The van der Waals surface area contributed by atoms with Crippen LogP contribution in [0.25, 0.3) is 11.0 Å². The van der Waals surface area contributed by atoms with Crippen LogP contribution in [0.1, 0.15) is 11.3 Å². The molecule has 0 saturated carbocycles. The molecule has 0 radical (unpaired) electrons. The first-order valence-corrected chi connectivity index (χ1v) is 6.41. The van der Waals surface area contributed by atoms with Crippen molar-refractivity contribution in [3.63, 3.8) is 0 Å². The predicted octanol–water partition coefficient (Wildman–Crippen LogP) is 3.24. The summed E-state index contributed by atoms with van der Waals surface area (Å²) < 4.78 is 0. The molecule has 3 aromatic rings. The molecule has 96 valence electrons. The second kappa shape index (κ2) is 4.90. The van der Waals surface area contributed by atoms with Crippen LogP contribution in [0, 0.1) is 0 Å². The average molecular weight is 273 g/mol. The Bertz CT molecular complexity index is 720. The summed E-state index contributed by atoms with van der Waals surface area (Å²) >= 11 is 6.17. The van der Waals surface area contributed by atoms with Crippen LogP contribution in [0.15, 0.2) is 36.4 Å². The Balaban J connectivity index is 1.99. The fourth-order valence-corrected chi connectivity index (χ4v) is 2.25. The number of pyridine rings is 1. The molecule has 2 N–H and O–H groups in total. The molecule has 0 amide bonds. The Morgan fingerprint density at radius 1 is 1.21 bits per heavy atom. The highest BCUT2D eigenvalue weighted by Crippen LogP contribution is 2.21. The van der Waals surface area contributed by atoms with Gasteiger partial charge in [0.2, 0.25) is 0 Å². The van der Waals surface area contributed by atoms with Crippen molar-refractivity contribution in [1.82, 2.24) is 15.2 Å². The van der Waals surface area contributed by atoms with Crippen LogP contribution in [0.3, 0.4) is 0 Å². The van der Waals surface area contributed by atoms with Crippen LogP contribution >= 0.6 is 11.6 Å². The van der Waals surface area contributed by atoms with Crippen molar-refractivity contribution in [2.45, 2.75) is 6.42 Å². The van der Waals surface area contributed by atoms with Crippen molar-refractivity contribution in [2.24, 2.45) is 0 Å². The van der Waals surface area contributed by atoms with Crippen LogP contribution in [0.5, 0.6) is 0 Å². The summed E-state index contributed by atoms with van der Waals surface area (Å²) in [5, 5.41) is 10.9. The summed E-state index contributed by atoms with van der Waals surface area (Å²) in [5.41, 5.74) is 3.82. The molecule has 0 fully saturated rings. The molecule has 0 unspecified atom stereocenters. The molecule has 0 aliphatic rings. The van der Waals surface area contributed by atoms with Crippen molar-refractivity contribution in [3.05, 3.63) is 52.7 Å². The van der Waals surface area contributed by atoms with Gasteiger partial charge in [0.05, 0.1) is 5.52 Å². The topological polar surface area (TPSA) is 53.6 Å². The minimum absolute atomic E-state index is 0.712. The fourth-order valence-electron chi connectivity index (χ4n) is 2.05. The number of halogens is 1. The Labute approximate surface area is 115 Å². The first kappa shape index (κ1) is 12.0. The first-order valence-electron chi connectivity index (χ1n) is 6.03. The van der Waals surface area contributed by atoms with Crippen molar-refractivity contribution in [3.8, 4) is 0 Å². The van der Waals surface area contributed by atoms with Crippen molar-refractivity contribution >= 4 is 28.5 Å². The number of nitrogens with one attached hydrogen (secondary N) is 2. The second-order valence-electron chi connectivity index (χ2n) is 4.29. The smallest absolute Gasteiger partial charge is 0.174 e. The Morgan fingerprint density at radius 3 is 2.84 bits per heavy atom. The number of rotatable bonds is 3. The maximum absolute atomic E-state index is 6.17. The molecule has 19 heavy (non-hydrogen) atoms. The van der Waals surface area contributed by atoms with E-state index >= 15 is 0 Å².